The van der Waals surface area contributed by atoms with Crippen LogP contribution < -0.4 is 5.73 Å². The summed E-state index contributed by atoms with van der Waals surface area (Å²) in [6.45, 7) is 0. The van der Waals surface area contributed by atoms with Gasteiger partial charge >= 0.3 is 0 Å². The summed E-state index contributed by atoms with van der Waals surface area (Å²) in [7, 11) is 0. The van der Waals surface area contributed by atoms with Gasteiger partial charge in [-0.15, -0.1) is 0 Å². The van der Waals surface area contributed by atoms with Crippen molar-refractivity contribution < 1.29 is 0 Å². The number of hydrogen-bond acceptors (Lipinski definition) is 3. The van der Waals surface area contributed by atoms with E-state index in [1.54, 1.807) is 12.4 Å². The van der Waals surface area contributed by atoms with E-state index in [4.69, 9.17) is 5.73 Å². The molecule has 0 saturated heterocycles. The molecule has 96 valence electrons. The molecule has 4 aromatic rings. The molecule has 0 atom stereocenters. The second-order valence-corrected chi connectivity index (χ2v) is 4.70. The summed E-state index contributed by atoms with van der Waals surface area (Å²) in [5.74, 6) is 0.475. The van der Waals surface area contributed by atoms with E-state index < -0.39 is 0 Å². The molecule has 0 saturated carbocycles. The molecule has 20 heavy (non-hydrogen) atoms. The van der Waals surface area contributed by atoms with E-state index in [1.165, 1.54) is 10.8 Å². The molecule has 0 fully saturated rings. The number of imidazole rings is 1. The topological polar surface area (TPSA) is 56.7 Å². The predicted molar refractivity (Wildman–Crippen MR) is 80.8 cm³/mol. The molecule has 0 aliphatic carbocycles. The molecule has 2 aromatic heterocycles. The molecule has 0 aliphatic heterocycles. The van der Waals surface area contributed by atoms with Crippen molar-refractivity contribution in [2.75, 3.05) is 5.73 Å². The van der Waals surface area contributed by atoms with Gasteiger partial charge in [0.15, 0.2) is 0 Å². The number of fused-ring (bicyclic) bond motifs is 2. The van der Waals surface area contributed by atoms with Gasteiger partial charge in [0.2, 0.25) is 5.95 Å². The summed E-state index contributed by atoms with van der Waals surface area (Å²) in [6, 6.07) is 16.5. The van der Waals surface area contributed by atoms with Gasteiger partial charge in [0, 0.05) is 11.9 Å². The highest BCUT2D eigenvalue weighted by molar-refractivity contribution is 5.86. The van der Waals surface area contributed by atoms with Gasteiger partial charge in [-0.25, -0.2) is 4.98 Å². The van der Waals surface area contributed by atoms with E-state index in [0.717, 1.165) is 16.7 Å². The van der Waals surface area contributed by atoms with Crippen LogP contribution in [0, 0.1) is 0 Å². The molecule has 4 heteroatoms. The summed E-state index contributed by atoms with van der Waals surface area (Å²) in [5, 5.41) is 2.39. The number of benzene rings is 2. The number of hydrogen-bond donors (Lipinski definition) is 1. The average Bonchev–Trinajstić information content (AvgIpc) is 2.82. The minimum atomic E-state index is 0.475. The fraction of sp³-hybridized carbons (Fsp3) is 0. The maximum Gasteiger partial charge on any atom is 0.205 e. The van der Waals surface area contributed by atoms with Gasteiger partial charge in [0.1, 0.15) is 5.52 Å². The molecule has 0 aliphatic rings. The SMILES string of the molecule is Nc1nc2cnccc2n1-c1ccc2ccccc2c1. The van der Waals surface area contributed by atoms with Crippen LogP contribution in [0.15, 0.2) is 60.9 Å². The highest BCUT2D eigenvalue weighted by Crippen LogP contribution is 2.25. The summed E-state index contributed by atoms with van der Waals surface area (Å²) in [4.78, 5) is 8.43. The Morgan fingerprint density at radius 3 is 2.70 bits per heavy atom. The minimum absolute atomic E-state index is 0.475. The Labute approximate surface area is 115 Å². The van der Waals surface area contributed by atoms with E-state index in [-0.39, 0.29) is 0 Å². The van der Waals surface area contributed by atoms with Crippen molar-refractivity contribution in [3.8, 4) is 5.69 Å². The van der Waals surface area contributed by atoms with Gasteiger partial charge in [-0.05, 0) is 29.0 Å². The molecule has 0 bridgehead atoms. The lowest BCUT2D eigenvalue weighted by molar-refractivity contribution is 1.11. The number of pyridine rings is 1. The van der Waals surface area contributed by atoms with Crippen molar-refractivity contribution >= 4 is 27.8 Å². The Kier molecular flexibility index (Phi) is 2.23. The van der Waals surface area contributed by atoms with Crippen LogP contribution in [-0.4, -0.2) is 14.5 Å². The van der Waals surface area contributed by atoms with Gasteiger partial charge in [0.05, 0.1) is 11.7 Å². The molecular formula is C16H12N4. The number of rotatable bonds is 1. The van der Waals surface area contributed by atoms with E-state index in [2.05, 4.69) is 40.3 Å². The first-order valence-electron chi connectivity index (χ1n) is 6.40. The Hall–Kier alpha value is -2.88. The fourth-order valence-corrected chi connectivity index (χ4v) is 2.54. The maximum atomic E-state index is 6.05. The van der Waals surface area contributed by atoms with Crippen LogP contribution in [-0.2, 0) is 0 Å². The third kappa shape index (κ3) is 1.55. The molecule has 2 heterocycles. The van der Waals surface area contributed by atoms with Crippen molar-refractivity contribution in [1.82, 2.24) is 14.5 Å². The fourth-order valence-electron chi connectivity index (χ4n) is 2.54. The van der Waals surface area contributed by atoms with E-state index in [1.807, 2.05) is 22.8 Å². The van der Waals surface area contributed by atoms with Crippen molar-refractivity contribution in [2.24, 2.45) is 0 Å². The third-order valence-corrected chi connectivity index (χ3v) is 3.47. The Bertz CT molecular complexity index is 924. The standard InChI is InChI=1S/C16H12N4/c17-16-19-14-10-18-8-7-15(14)20(16)13-6-5-11-3-1-2-4-12(11)9-13/h1-10H,(H2,17,19). The quantitative estimate of drug-likeness (QED) is 0.572. The number of nitrogens with two attached hydrogens (primary N) is 1. The summed E-state index contributed by atoms with van der Waals surface area (Å²) >= 11 is 0. The van der Waals surface area contributed by atoms with Gasteiger partial charge in [-0.1, -0.05) is 30.3 Å². The first kappa shape index (κ1) is 11.0. The second-order valence-electron chi connectivity index (χ2n) is 4.70. The first-order chi connectivity index (χ1) is 9.83. The molecular weight excluding hydrogens is 248 g/mol. The lowest BCUT2D eigenvalue weighted by Gasteiger charge is -2.07. The van der Waals surface area contributed by atoms with Gasteiger partial charge in [-0.2, -0.15) is 0 Å². The van der Waals surface area contributed by atoms with Gasteiger partial charge < -0.3 is 5.73 Å². The Morgan fingerprint density at radius 1 is 0.950 bits per heavy atom. The third-order valence-electron chi connectivity index (χ3n) is 3.47. The maximum absolute atomic E-state index is 6.05. The van der Waals surface area contributed by atoms with Crippen LogP contribution in [0.2, 0.25) is 0 Å². The zero-order valence-corrected chi connectivity index (χ0v) is 10.7. The highest BCUT2D eigenvalue weighted by Gasteiger charge is 2.09. The monoisotopic (exact) mass is 260 g/mol. The molecule has 0 unspecified atom stereocenters. The van der Waals surface area contributed by atoms with Crippen LogP contribution in [0.3, 0.4) is 0 Å². The number of nitrogen functional groups attached to an aromatic ring is 1. The largest absolute Gasteiger partial charge is 0.369 e. The Morgan fingerprint density at radius 2 is 1.80 bits per heavy atom. The Balaban J connectivity index is 2.03. The lowest BCUT2D eigenvalue weighted by Crippen LogP contribution is -2.00. The van der Waals surface area contributed by atoms with Gasteiger partial charge in [0.25, 0.3) is 0 Å². The zero-order chi connectivity index (χ0) is 13.5. The van der Waals surface area contributed by atoms with Crippen molar-refractivity contribution in [2.45, 2.75) is 0 Å². The smallest absolute Gasteiger partial charge is 0.205 e. The summed E-state index contributed by atoms with van der Waals surface area (Å²) < 4.78 is 1.95. The highest BCUT2D eigenvalue weighted by atomic mass is 15.2. The summed E-state index contributed by atoms with van der Waals surface area (Å²) in [5.41, 5.74) is 8.83. The van der Waals surface area contributed by atoms with Gasteiger partial charge in [-0.3, -0.25) is 9.55 Å². The number of nitrogens with zero attached hydrogens (tertiary/aromatic N) is 3. The van der Waals surface area contributed by atoms with E-state index in [0.29, 0.717) is 5.95 Å². The van der Waals surface area contributed by atoms with Crippen LogP contribution in [0.1, 0.15) is 0 Å². The lowest BCUT2D eigenvalue weighted by atomic mass is 10.1. The molecule has 0 spiro atoms. The summed E-state index contributed by atoms with van der Waals surface area (Å²) in [6.07, 6.45) is 3.48. The van der Waals surface area contributed by atoms with E-state index >= 15 is 0 Å². The zero-order valence-electron chi connectivity index (χ0n) is 10.7. The van der Waals surface area contributed by atoms with E-state index in [9.17, 15) is 0 Å². The molecule has 0 amide bonds. The van der Waals surface area contributed by atoms with Crippen molar-refractivity contribution in [3.63, 3.8) is 0 Å². The van der Waals surface area contributed by atoms with Crippen molar-refractivity contribution in [3.05, 3.63) is 60.9 Å². The molecule has 2 aromatic carbocycles. The number of anilines is 1. The molecule has 4 nitrogen and oxygen atoms in total. The predicted octanol–water partition coefficient (Wildman–Crippen LogP) is 3.16. The number of aromatic nitrogens is 3. The first-order valence-corrected chi connectivity index (χ1v) is 6.40. The normalized spacial score (nSPS) is 11.2. The minimum Gasteiger partial charge on any atom is -0.369 e. The molecule has 0 radical (unpaired) electrons. The second kappa shape index (κ2) is 4.06. The van der Waals surface area contributed by atoms with Crippen LogP contribution in [0.4, 0.5) is 5.95 Å². The molecule has 4 rings (SSSR count). The average molecular weight is 260 g/mol. The van der Waals surface area contributed by atoms with Crippen LogP contribution >= 0.6 is 0 Å². The van der Waals surface area contributed by atoms with Crippen LogP contribution in [0.25, 0.3) is 27.5 Å². The van der Waals surface area contributed by atoms with Crippen LogP contribution in [0.5, 0.6) is 0 Å². The molecule has 2 N–H and O–H groups in total. The van der Waals surface area contributed by atoms with Crippen molar-refractivity contribution in [1.29, 1.82) is 0 Å².